The van der Waals surface area contributed by atoms with Crippen molar-refractivity contribution >= 4 is 37.5 Å². The second kappa shape index (κ2) is 7.40. The zero-order valence-electron chi connectivity index (χ0n) is 14.7. The van der Waals surface area contributed by atoms with Crippen LogP contribution in [0, 0.1) is 0 Å². The number of nitrogens with one attached hydrogen (secondary N) is 1. The quantitative estimate of drug-likeness (QED) is 0.771. The fourth-order valence-electron chi connectivity index (χ4n) is 3.23. The van der Waals surface area contributed by atoms with E-state index in [0.717, 1.165) is 22.9 Å². The van der Waals surface area contributed by atoms with E-state index in [4.69, 9.17) is 0 Å². The zero-order chi connectivity index (χ0) is 18.9. The molecule has 2 aromatic carbocycles. The van der Waals surface area contributed by atoms with Crippen molar-refractivity contribution < 1.29 is 13.2 Å². The summed E-state index contributed by atoms with van der Waals surface area (Å²) in [7, 11) is -3.80. The highest BCUT2D eigenvalue weighted by atomic mass is 79.9. The van der Waals surface area contributed by atoms with E-state index in [9.17, 15) is 13.2 Å². The molecular weight excluding hydrogens is 416 g/mol. The Balaban J connectivity index is 2.02. The number of rotatable bonds is 5. The van der Waals surface area contributed by atoms with Gasteiger partial charge in [0.25, 0.3) is 10.0 Å². The van der Waals surface area contributed by atoms with Crippen molar-refractivity contribution in [3.05, 3.63) is 46.9 Å². The van der Waals surface area contributed by atoms with Gasteiger partial charge in [-0.15, -0.1) is 0 Å². The van der Waals surface area contributed by atoms with Gasteiger partial charge < -0.3 is 5.32 Å². The van der Waals surface area contributed by atoms with E-state index in [1.165, 1.54) is 4.31 Å². The van der Waals surface area contributed by atoms with Gasteiger partial charge in [-0.05, 0) is 37.6 Å². The number of benzene rings is 2. The second-order valence-corrected chi connectivity index (χ2v) is 9.17. The number of nitrogens with zero attached hydrogens (tertiary/aromatic N) is 1. The van der Waals surface area contributed by atoms with Gasteiger partial charge >= 0.3 is 0 Å². The summed E-state index contributed by atoms with van der Waals surface area (Å²) in [5.41, 5.74) is 1.96. The Morgan fingerprint density at radius 3 is 2.65 bits per heavy atom. The molecule has 0 saturated heterocycles. The van der Waals surface area contributed by atoms with Gasteiger partial charge in [0.15, 0.2) is 0 Å². The van der Waals surface area contributed by atoms with Crippen molar-refractivity contribution in [1.29, 1.82) is 0 Å². The van der Waals surface area contributed by atoms with Crippen molar-refractivity contribution in [2.75, 3.05) is 10.8 Å². The van der Waals surface area contributed by atoms with Gasteiger partial charge in [-0.2, -0.15) is 0 Å². The molecule has 0 spiro atoms. The minimum Gasteiger partial charge on any atom is -0.352 e. The summed E-state index contributed by atoms with van der Waals surface area (Å²) < 4.78 is 28.3. The third-order valence-electron chi connectivity index (χ3n) is 4.39. The molecule has 0 radical (unpaired) electrons. The SMILES string of the molecule is CCCC(C)NC(=O)CN1c2ccc(Br)cc2-c2ccccc2S1(=O)=O. The maximum atomic E-state index is 13.1. The standard InChI is InChI=1S/C19H21BrN2O3S/c1-3-6-13(2)21-19(23)12-22-17-10-9-14(20)11-16(17)15-7-4-5-8-18(15)26(22,24)25/h4-5,7-11,13H,3,6,12H2,1-2H3,(H,21,23). The molecule has 1 amide bonds. The molecule has 2 aromatic rings. The summed E-state index contributed by atoms with van der Waals surface area (Å²) in [4.78, 5) is 12.7. The molecule has 1 aliphatic rings. The summed E-state index contributed by atoms with van der Waals surface area (Å²) in [6, 6.07) is 12.3. The molecule has 3 rings (SSSR count). The minimum atomic E-state index is -3.80. The molecule has 1 N–H and O–H groups in total. The van der Waals surface area contributed by atoms with Crippen LogP contribution in [0.4, 0.5) is 5.69 Å². The van der Waals surface area contributed by atoms with Crippen molar-refractivity contribution in [1.82, 2.24) is 5.32 Å². The van der Waals surface area contributed by atoms with Gasteiger partial charge in [0.2, 0.25) is 5.91 Å². The summed E-state index contributed by atoms with van der Waals surface area (Å²) in [5, 5.41) is 2.88. The Labute approximate surface area is 162 Å². The molecule has 138 valence electrons. The van der Waals surface area contributed by atoms with E-state index in [-0.39, 0.29) is 23.4 Å². The van der Waals surface area contributed by atoms with Crippen LogP contribution in [-0.2, 0) is 14.8 Å². The van der Waals surface area contributed by atoms with E-state index >= 15 is 0 Å². The van der Waals surface area contributed by atoms with Gasteiger partial charge in [-0.25, -0.2) is 8.42 Å². The Kier molecular flexibility index (Phi) is 5.39. The Bertz CT molecular complexity index is 944. The monoisotopic (exact) mass is 436 g/mol. The normalized spacial score (nSPS) is 15.7. The number of halogens is 1. The van der Waals surface area contributed by atoms with Crippen molar-refractivity contribution in [3.8, 4) is 11.1 Å². The molecule has 1 atom stereocenters. The largest absolute Gasteiger partial charge is 0.352 e. The lowest BCUT2D eigenvalue weighted by Gasteiger charge is -2.32. The number of fused-ring (bicyclic) bond motifs is 3. The van der Waals surface area contributed by atoms with Crippen molar-refractivity contribution in [2.24, 2.45) is 0 Å². The van der Waals surface area contributed by atoms with Crippen LogP contribution in [0.5, 0.6) is 0 Å². The fourth-order valence-corrected chi connectivity index (χ4v) is 5.24. The van der Waals surface area contributed by atoms with E-state index in [1.807, 2.05) is 26.0 Å². The highest BCUT2D eigenvalue weighted by molar-refractivity contribution is 9.10. The maximum absolute atomic E-state index is 13.1. The Hall–Kier alpha value is -1.86. The number of carbonyl (C=O) groups is 1. The molecule has 5 nitrogen and oxygen atoms in total. The Morgan fingerprint density at radius 2 is 1.92 bits per heavy atom. The van der Waals surface area contributed by atoms with Crippen LogP contribution in [0.2, 0.25) is 0 Å². The van der Waals surface area contributed by atoms with E-state index in [1.54, 1.807) is 30.3 Å². The molecule has 1 unspecified atom stereocenters. The summed E-state index contributed by atoms with van der Waals surface area (Å²) in [5.74, 6) is -0.303. The van der Waals surface area contributed by atoms with Gasteiger partial charge in [-0.1, -0.05) is 47.5 Å². The predicted molar refractivity (Wildman–Crippen MR) is 107 cm³/mol. The highest BCUT2D eigenvalue weighted by Gasteiger charge is 2.35. The van der Waals surface area contributed by atoms with Gasteiger partial charge in [0.1, 0.15) is 6.54 Å². The number of hydrogen-bond acceptors (Lipinski definition) is 3. The lowest BCUT2D eigenvalue weighted by molar-refractivity contribution is -0.120. The number of hydrogen-bond donors (Lipinski definition) is 1. The third kappa shape index (κ3) is 3.50. The molecule has 0 aromatic heterocycles. The molecule has 0 saturated carbocycles. The fraction of sp³-hybridized carbons (Fsp3) is 0.316. The minimum absolute atomic E-state index is 0.0108. The van der Waals surface area contributed by atoms with E-state index < -0.39 is 10.0 Å². The molecule has 1 aliphatic heterocycles. The summed E-state index contributed by atoms with van der Waals surface area (Å²) in [6.07, 6.45) is 1.80. The second-order valence-electron chi connectivity index (χ2n) is 6.43. The first-order chi connectivity index (χ1) is 12.3. The number of anilines is 1. The summed E-state index contributed by atoms with van der Waals surface area (Å²) >= 11 is 3.44. The first-order valence-electron chi connectivity index (χ1n) is 8.55. The van der Waals surface area contributed by atoms with Crippen molar-refractivity contribution in [2.45, 2.75) is 37.6 Å². The molecule has 26 heavy (non-hydrogen) atoms. The van der Waals surface area contributed by atoms with Crippen LogP contribution in [0.3, 0.4) is 0 Å². The molecular formula is C19H21BrN2O3S. The van der Waals surface area contributed by atoms with Crippen LogP contribution in [0.15, 0.2) is 51.8 Å². The average Bonchev–Trinajstić information content (AvgIpc) is 2.59. The predicted octanol–water partition coefficient (Wildman–Crippen LogP) is 3.93. The Morgan fingerprint density at radius 1 is 1.19 bits per heavy atom. The lowest BCUT2D eigenvalue weighted by atomic mass is 10.0. The van der Waals surface area contributed by atoms with Crippen LogP contribution < -0.4 is 9.62 Å². The van der Waals surface area contributed by atoms with Crippen LogP contribution in [0.25, 0.3) is 11.1 Å². The lowest BCUT2D eigenvalue weighted by Crippen LogP contribution is -2.44. The number of sulfonamides is 1. The summed E-state index contributed by atoms with van der Waals surface area (Å²) in [6.45, 7) is 3.73. The average molecular weight is 437 g/mol. The molecule has 0 fully saturated rings. The first kappa shape index (κ1) is 18.9. The van der Waals surface area contributed by atoms with Crippen molar-refractivity contribution in [3.63, 3.8) is 0 Å². The molecule has 0 bridgehead atoms. The van der Waals surface area contributed by atoms with Gasteiger partial charge in [0, 0.05) is 21.6 Å². The number of carbonyl (C=O) groups excluding carboxylic acids is 1. The smallest absolute Gasteiger partial charge is 0.265 e. The molecule has 7 heteroatoms. The zero-order valence-corrected chi connectivity index (χ0v) is 17.1. The van der Waals surface area contributed by atoms with Crippen LogP contribution in [0.1, 0.15) is 26.7 Å². The molecule has 0 aliphatic carbocycles. The topological polar surface area (TPSA) is 66.5 Å². The maximum Gasteiger partial charge on any atom is 0.265 e. The third-order valence-corrected chi connectivity index (χ3v) is 6.70. The molecule has 1 heterocycles. The highest BCUT2D eigenvalue weighted by Crippen LogP contribution is 2.43. The van der Waals surface area contributed by atoms with Crippen LogP contribution >= 0.6 is 15.9 Å². The van der Waals surface area contributed by atoms with Gasteiger partial charge in [-0.3, -0.25) is 9.10 Å². The van der Waals surface area contributed by atoms with Crippen LogP contribution in [-0.4, -0.2) is 26.9 Å². The van der Waals surface area contributed by atoms with E-state index in [2.05, 4.69) is 21.2 Å². The van der Waals surface area contributed by atoms with Gasteiger partial charge in [0.05, 0.1) is 10.6 Å². The number of amides is 1. The first-order valence-corrected chi connectivity index (χ1v) is 10.8. The van der Waals surface area contributed by atoms with E-state index in [0.29, 0.717) is 11.3 Å².